The van der Waals surface area contributed by atoms with Gasteiger partial charge in [0.05, 0.1) is 16.1 Å². The molecule has 7 heteroatoms. The largest absolute Gasteiger partial charge is 0.376 e. The fourth-order valence-corrected chi connectivity index (χ4v) is 3.30. The lowest BCUT2D eigenvalue weighted by Crippen LogP contribution is -2.39. The summed E-state index contributed by atoms with van der Waals surface area (Å²) in [7, 11) is 0. The van der Waals surface area contributed by atoms with Gasteiger partial charge in [-0.1, -0.05) is 29.3 Å². The van der Waals surface area contributed by atoms with Crippen LogP contribution in [0.25, 0.3) is 0 Å². The maximum atomic E-state index is 6.09. The van der Waals surface area contributed by atoms with Gasteiger partial charge in [-0.25, -0.2) is 0 Å². The molecule has 0 aliphatic carbocycles. The highest BCUT2D eigenvalue weighted by molar-refractivity contribution is 7.80. The number of pyridine rings is 1. The molecule has 0 saturated carbocycles. The lowest BCUT2D eigenvalue weighted by molar-refractivity contribution is 0.0905. The molecule has 2 heterocycles. The van der Waals surface area contributed by atoms with Crippen molar-refractivity contribution in [2.24, 2.45) is 0 Å². The second kappa shape index (κ2) is 8.81. The van der Waals surface area contributed by atoms with Crippen molar-refractivity contribution in [3.63, 3.8) is 0 Å². The highest BCUT2D eigenvalue weighted by Crippen LogP contribution is 2.25. The van der Waals surface area contributed by atoms with Crippen LogP contribution in [0.4, 0.5) is 5.69 Å². The van der Waals surface area contributed by atoms with Crippen LogP contribution in [-0.4, -0.2) is 34.3 Å². The molecule has 1 aliphatic heterocycles. The van der Waals surface area contributed by atoms with Crippen LogP contribution in [-0.2, 0) is 11.3 Å². The molecule has 1 N–H and O–H groups in total. The summed E-state index contributed by atoms with van der Waals surface area (Å²) in [6.07, 6.45) is 5.96. The van der Waals surface area contributed by atoms with Gasteiger partial charge in [0.1, 0.15) is 0 Å². The van der Waals surface area contributed by atoms with Gasteiger partial charge >= 0.3 is 0 Å². The second-order valence-electron chi connectivity index (χ2n) is 5.94. The first-order chi connectivity index (χ1) is 12.1. The summed E-state index contributed by atoms with van der Waals surface area (Å²) in [5.74, 6) is 0. The zero-order valence-electron chi connectivity index (χ0n) is 13.6. The molecule has 0 spiro atoms. The lowest BCUT2D eigenvalue weighted by atomic mass is 10.2. The van der Waals surface area contributed by atoms with E-state index >= 15 is 0 Å². The third kappa shape index (κ3) is 5.28. The predicted octanol–water partition coefficient (Wildman–Crippen LogP) is 4.77. The fourth-order valence-electron chi connectivity index (χ4n) is 2.74. The minimum absolute atomic E-state index is 0.199. The average molecular weight is 396 g/mol. The lowest BCUT2D eigenvalue weighted by Gasteiger charge is -2.28. The van der Waals surface area contributed by atoms with Crippen molar-refractivity contribution in [1.29, 1.82) is 0 Å². The maximum absolute atomic E-state index is 6.09. The SMILES string of the molecule is S=C(Nc1ccc(Cl)c(Cl)c1)N(Cc1cccnc1)CC1CCCO1. The van der Waals surface area contributed by atoms with Crippen molar-refractivity contribution in [2.75, 3.05) is 18.5 Å². The van der Waals surface area contributed by atoms with Crippen LogP contribution < -0.4 is 5.32 Å². The molecule has 0 amide bonds. The Bertz CT molecular complexity index is 724. The topological polar surface area (TPSA) is 37.4 Å². The molecule has 1 saturated heterocycles. The minimum Gasteiger partial charge on any atom is -0.376 e. The van der Waals surface area contributed by atoms with Gasteiger partial charge in [-0.05, 0) is 54.9 Å². The number of halogens is 2. The number of thiocarbonyl (C=S) groups is 1. The standard InChI is InChI=1S/C18H19Cl2N3OS/c19-16-6-5-14(9-17(16)20)22-18(25)23(12-15-4-2-8-24-15)11-13-3-1-7-21-10-13/h1,3,5-7,9-10,15H,2,4,8,11-12H2,(H,22,25). The Labute approximate surface area is 163 Å². The van der Waals surface area contributed by atoms with Gasteiger partial charge in [-0.2, -0.15) is 0 Å². The van der Waals surface area contributed by atoms with Crippen LogP contribution >= 0.6 is 35.4 Å². The zero-order chi connectivity index (χ0) is 17.6. The maximum Gasteiger partial charge on any atom is 0.173 e. The van der Waals surface area contributed by atoms with E-state index in [4.69, 9.17) is 40.2 Å². The third-order valence-electron chi connectivity index (χ3n) is 4.00. The normalized spacial score (nSPS) is 16.6. The number of hydrogen-bond donors (Lipinski definition) is 1. The van der Waals surface area contributed by atoms with Crippen LogP contribution in [0.1, 0.15) is 18.4 Å². The Kier molecular flexibility index (Phi) is 6.48. The molecule has 1 aromatic heterocycles. The van der Waals surface area contributed by atoms with Gasteiger partial charge in [-0.3, -0.25) is 4.98 Å². The number of aromatic nitrogens is 1. The molecule has 1 aromatic carbocycles. The zero-order valence-corrected chi connectivity index (χ0v) is 15.9. The van der Waals surface area contributed by atoms with Crippen molar-refractivity contribution >= 4 is 46.2 Å². The Morgan fingerprint density at radius 2 is 2.20 bits per heavy atom. The van der Waals surface area contributed by atoms with Gasteiger partial charge in [0.15, 0.2) is 5.11 Å². The predicted molar refractivity (Wildman–Crippen MR) is 106 cm³/mol. The molecule has 1 fully saturated rings. The molecule has 1 aliphatic rings. The quantitative estimate of drug-likeness (QED) is 0.738. The van der Waals surface area contributed by atoms with Crippen molar-refractivity contribution in [3.05, 3.63) is 58.3 Å². The van der Waals surface area contributed by atoms with Crippen LogP contribution in [0.3, 0.4) is 0 Å². The number of ether oxygens (including phenoxy) is 1. The van der Waals surface area contributed by atoms with Gasteiger partial charge < -0.3 is 15.0 Å². The van der Waals surface area contributed by atoms with Crippen molar-refractivity contribution in [3.8, 4) is 0 Å². The molecule has 3 rings (SSSR count). The summed E-state index contributed by atoms with van der Waals surface area (Å²) in [6, 6.07) is 9.34. The van der Waals surface area contributed by atoms with Crippen LogP contribution in [0.15, 0.2) is 42.7 Å². The van der Waals surface area contributed by atoms with E-state index in [9.17, 15) is 0 Å². The van der Waals surface area contributed by atoms with Crippen molar-refractivity contribution in [1.82, 2.24) is 9.88 Å². The molecule has 0 radical (unpaired) electrons. The highest BCUT2D eigenvalue weighted by atomic mass is 35.5. The van der Waals surface area contributed by atoms with E-state index in [2.05, 4.69) is 15.2 Å². The van der Waals surface area contributed by atoms with E-state index in [0.717, 1.165) is 37.2 Å². The average Bonchev–Trinajstić information content (AvgIpc) is 3.12. The first-order valence-corrected chi connectivity index (χ1v) is 9.30. The van der Waals surface area contributed by atoms with Crippen molar-refractivity contribution < 1.29 is 4.74 Å². The van der Waals surface area contributed by atoms with E-state index in [-0.39, 0.29) is 6.10 Å². The van der Waals surface area contributed by atoms with Gasteiger partial charge in [-0.15, -0.1) is 0 Å². The van der Waals surface area contributed by atoms with E-state index in [0.29, 0.717) is 21.7 Å². The molecule has 4 nitrogen and oxygen atoms in total. The van der Waals surface area contributed by atoms with Crippen LogP contribution in [0, 0.1) is 0 Å². The van der Waals surface area contributed by atoms with Crippen LogP contribution in [0.5, 0.6) is 0 Å². The summed E-state index contributed by atoms with van der Waals surface area (Å²) < 4.78 is 5.77. The number of anilines is 1. The molecule has 25 heavy (non-hydrogen) atoms. The summed E-state index contributed by atoms with van der Waals surface area (Å²) in [4.78, 5) is 6.28. The summed E-state index contributed by atoms with van der Waals surface area (Å²) in [5.41, 5.74) is 1.90. The summed E-state index contributed by atoms with van der Waals surface area (Å²) in [6.45, 7) is 2.22. The Morgan fingerprint density at radius 3 is 2.88 bits per heavy atom. The minimum atomic E-state index is 0.199. The van der Waals surface area contributed by atoms with Crippen molar-refractivity contribution in [2.45, 2.75) is 25.5 Å². The number of hydrogen-bond acceptors (Lipinski definition) is 3. The highest BCUT2D eigenvalue weighted by Gasteiger charge is 2.21. The van der Waals surface area contributed by atoms with E-state index in [1.54, 1.807) is 18.3 Å². The van der Waals surface area contributed by atoms with E-state index in [1.807, 2.05) is 24.4 Å². The smallest absolute Gasteiger partial charge is 0.173 e. The van der Waals surface area contributed by atoms with Gasteiger partial charge in [0.25, 0.3) is 0 Å². The fraction of sp³-hybridized carbons (Fsp3) is 0.333. The summed E-state index contributed by atoms with van der Waals surface area (Å²) >= 11 is 17.7. The number of nitrogens with zero attached hydrogens (tertiary/aromatic N) is 2. The Morgan fingerprint density at radius 1 is 1.32 bits per heavy atom. The molecule has 1 atom stereocenters. The van der Waals surface area contributed by atoms with E-state index in [1.165, 1.54) is 0 Å². The molecule has 132 valence electrons. The molecule has 2 aromatic rings. The number of nitrogens with one attached hydrogen (secondary N) is 1. The third-order valence-corrected chi connectivity index (χ3v) is 5.10. The van der Waals surface area contributed by atoms with E-state index < -0.39 is 0 Å². The Hall–Kier alpha value is -1.40. The Balaban J connectivity index is 1.72. The molecular weight excluding hydrogens is 377 g/mol. The molecule has 0 bridgehead atoms. The van der Waals surface area contributed by atoms with Gasteiger partial charge in [0.2, 0.25) is 0 Å². The first kappa shape index (κ1) is 18.4. The van der Waals surface area contributed by atoms with Gasteiger partial charge in [0, 0.05) is 37.8 Å². The number of benzene rings is 1. The first-order valence-electron chi connectivity index (χ1n) is 8.13. The molecular formula is C18H19Cl2N3OS. The molecule has 1 unspecified atom stereocenters. The monoisotopic (exact) mass is 395 g/mol. The summed E-state index contributed by atoms with van der Waals surface area (Å²) in [5, 5.41) is 4.88. The van der Waals surface area contributed by atoms with Crippen LogP contribution in [0.2, 0.25) is 10.0 Å². The number of rotatable bonds is 5. The second-order valence-corrected chi connectivity index (χ2v) is 7.14.